The second-order valence-corrected chi connectivity index (χ2v) is 5.51. The van der Waals surface area contributed by atoms with E-state index in [0.717, 1.165) is 26.2 Å². The van der Waals surface area contributed by atoms with Crippen molar-refractivity contribution in [3.63, 3.8) is 0 Å². The standard InChI is InChI=1S/C12H26N2O/c1-11-10-14(7-5-9-15-11)8-6-13-12(2,3)4/h11,13H,5-10H2,1-4H3. The highest BCUT2D eigenvalue weighted by atomic mass is 16.5. The number of hydrogen-bond donors (Lipinski definition) is 1. The Morgan fingerprint density at radius 1 is 1.40 bits per heavy atom. The molecule has 0 saturated carbocycles. The van der Waals surface area contributed by atoms with Crippen molar-refractivity contribution in [1.29, 1.82) is 0 Å². The van der Waals surface area contributed by atoms with Crippen LogP contribution in [0.15, 0.2) is 0 Å². The van der Waals surface area contributed by atoms with E-state index in [4.69, 9.17) is 4.74 Å². The van der Waals surface area contributed by atoms with Crippen molar-refractivity contribution < 1.29 is 4.74 Å². The Balaban J connectivity index is 2.19. The minimum atomic E-state index is 0.230. The molecule has 1 N–H and O–H groups in total. The van der Waals surface area contributed by atoms with Gasteiger partial charge in [0.2, 0.25) is 0 Å². The van der Waals surface area contributed by atoms with Gasteiger partial charge in [-0.1, -0.05) is 0 Å². The van der Waals surface area contributed by atoms with E-state index < -0.39 is 0 Å². The molecule has 1 atom stereocenters. The lowest BCUT2D eigenvalue weighted by atomic mass is 10.1. The SMILES string of the molecule is CC1CN(CCNC(C)(C)C)CCCO1. The zero-order valence-corrected chi connectivity index (χ0v) is 10.7. The van der Waals surface area contributed by atoms with Crippen molar-refractivity contribution >= 4 is 0 Å². The van der Waals surface area contributed by atoms with Crippen LogP contribution in [0, 0.1) is 0 Å². The summed E-state index contributed by atoms with van der Waals surface area (Å²) in [5, 5.41) is 3.52. The van der Waals surface area contributed by atoms with Crippen LogP contribution in [-0.4, -0.2) is 49.3 Å². The van der Waals surface area contributed by atoms with Crippen molar-refractivity contribution in [3.05, 3.63) is 0 Å². The van der Waals surface area contributed by atoms with Crippen LogP contribution in [0.3, 0.4) is 0 Å². The highest BCUT2D eigenvalue weighted by Gasteiger charge is 2.15. The summed E-state index contributed by atoms with van der Waals surface area (Å²) in [6.45, 7) is 14.2. The van der Waals surface area contributed by atoms with Crippen LogP contribution >= 0.6 is 0 Å². The lowest BCUT2D eigenvalue weighted by Gasteiger charge is -2.25. The Labute approximate surface area is 94.2 Å². The summed E-state index contributed by atoms with van der Waals surface area (Å²) in [6.07, 6.45) is 1.56. The lowest BCUT2D eigenvalue weighted by molar-refractivity contribution is 0.0677. The van der Waals surface area contributed by atoms with E-state index in [2.05, 4.69) is 37.9 Å². The second kappa shape index (κ2) is 5.83. The topological polar surface area (TPSA) is 24.5 Å². The molecule has 0 radical (unpaired) electrons. The molecule has 0 aromatic rings. The first-order valence-corrected chi connectivity index (χ1v) is 6.06. The lowest BCUT2D eigenvalue weighted by Crippen LogP contribution is -2.42. The first kappa shape index (κ1) is 12.9. The molecular weight excluding hydrogens is 188 g/mol. The number of ether oxygens (including phenoxy) is 1. The third kappa shape index (κ3) is 6.13. The minimum absolute atomic E-state index is 0.230. The average Bonchev–Trinajstić information content (AvgIpc) is 2.27. The molecule has 0 aromatic carbocycles. The maximum absolute atomic E-state index is 5.62. The van der Waals surface area contributed by atoms with Gasteiger partial charge in [-0.3, -0.25) is 4.90 Å². The molecule has 0 spiro atoms. The molecule has 0 amide bonds. The summed E-state index contributed by atoms with van der Waals surface area (Å²) < 4.78 is 5.62. The van der Waals surface area contributed by atoms with Gasteiger partial charge in [-0.15, -0.1) is 0 Å². The summed E-state index contributed by atoms with van der Waals surface area (Å²) >= 11 is 0. The predicted molar refractivity (Wildman–Crippen MR) is 64.2 cm³/mol. The van der Waals surface area contributed by atoms with E-state index in [1.165, 1.54) is 13.0 Å². The molecule has 90 valence electrons. The molecule has 1 rings (SSSR count). The summed E-state index contributed by atoms with van der Waals surface area (Å²) in [6, 6.07) is 0. The molecule has 3 nitrogen and oxygen atoms in total. The second-order valence-electron chi connectivity index (χ2n) is 5.51. The van der Waals surface area contributed by atoms with Crippen LogP contribution in [0.5, 0.6) is 0 Å². The molecule has 3 heteroatoms. The first-order valence-electron chi connectivity index (χ1n) is 6.06. The van der Waals surface area contributed by atoms with Gasteiger partial charge in [-0.2, -0.15) is 0 Å². The van der Waals surface area contributed by atoms with Gasteiger partial charge < -0.3 is 10.1 Å². The van der Waals surface area contributed by atoms with E-state index in [0.29, 0.717) is 6.10 Å². The van der Waals surface area contributed by atoms with Gasteiger partial charge in [0.15, 0.2) is 0 Å². The number of nitrogens with zero attached hydrogens (tertiary/aromatic N) is 1. The van der Waals surface area contributed by atoms with E-state index >= 15 is 0 Å². The van der Waals surface area contributed by atoms with Crippen molar-refractivity contribution in [2.24, 2.45) is 0 Å². The molecule has 1 heterocycles. The fraction of sp³-hybridized carbons (Fsp3) is 1.00. The molecule has 0 aliphatic carbocycles. The smallest absolute Gasteiger partial charge is 0.0673 e. The Kier molecular flexibility index (Phi) is 5.03. The van der Waals surface area contributed by atoms with E-state index in [9.17, 15) is 0 Å². The maximum Gasteiger partial charge on any atom is 0.0673 e. The summed E-state index contributed by atoms with van der Waals surface area (Å²) in [5.41, 5.74) is 0.230. The Morgan fingerprint density at radius 3 is 2.80 bits per heavy atom. The number of nitrogens with one attached hydrogen (secondary N) is 1. The fourth-order valence-electron chi connectivity index (χ4n) is 1.87. The van der Waals surface area contributed by atoms with Gasteiger partial charge in [-0.25, -0.2) is 0 Å². The summed E-state index contributed by atoms with van der Waals surface area (Å²) in [7, 11) is 0. The fourth-order valence-corrected chi connectivity index (χ4v) is 1.87. The largest absolute Gasteiger partial charge is 0.377 e. The highest BCUT2D eigenvalue weighted by molar-refractivity contribution is 4.73. The van der Waals surface area contributed by atoms with Crippen LogP contribution in [0.4, 0.5) is 0 Å². The third-order valence-electron chi connectivity index (χ3n) is 2.62. The zero-order chi connectivity index (χ0) is 11.3. The van der Waals surface area contributed by atoms with Crippen LogP contribution in [0.1, 0.15) is 34.1 Å². The molecule has 0 aromatic heterocycles. The Bertz CT molecular complexity index is 177. The summed E-state index contributed by atoms with van der Waals surface area (Å²) in [5.74, 6) is 0. The molecule has 1 unspecified atom stereocenters. The Morgan fingerprint density at radius 2 is 2.13 bits per heavy atom. The quantitative estimate of drug-likeness (QED) is 0.770. The van der Waals surface area contributed by atoms with Crippen molar-refractivity contribution in [3.8, 4) is 0 Å². The van der Waals surface area contributed by atoms with Crippen LogP contribution in [-0.2, 0) is 4.74 Å². The number of hydrogen-bond acceptors (Lipinski definition) is 3. The molecule has 1 aliphatic heterocycles. The molecule has 1 fully saturated rings. The summed E-state index contributed by atoms with van der Waals surface area (Å²) in [4.78, 5) is 2.50. The van der Waals surface area contributed by atoms with Crippen LogP contribution in [0.2, 0.25) is 0 Å². The zero-order valence-electron chi connectivity index (χ0n) is 10.7. The van der Waals surface area contributed by atoms with Crippen LogP contribution < -0.4 is 5.32 Å². The molecular formula is C12H26N2O. The Hall–Kier alpha value is -0.120. The molecule has 1 aliphatic rings. The van der Waals surface area contributed by atoms with Gasteiger partial charge in [0.25, 0.3) is 0 Å². The van der Waals surface area contributed by atoms with Crippen molar-refractivity contribution in [2.75, 3.05) is 32.8 Å². The van der Waals surface area contributed by atoms with E-state index in [-0.39, 0.29) is 5.54 Å². The van der Waals surface area contributed by atoms with Crippen molar-refractivity contribution in [2.45, 2.75) is 45.8 Å². The van der Waals surface area contributed by atoms with Crippen molar-refractivity contribution in [1.82, 2.24) is 10.2 Å². The maximum atomic E-state index is 5.62. The first-order chi connectivity index (χ1) is 6.97. The van der Waals surface area contributed by atoms with Gasteiger partial charge >= 0.3 is 0 Å². The molecule has 15 heavy (non-hydrogen) atoms. The van der Waals surface area contributed by atoms with Gasteiger partial charge in [0.05, 0.1) is 6.10 Å². The number of rotatable bonds is 3. The predicted octanol–water partition coefficient (Wildman–Crippen LogP) is 1.49. The minimum Gasteiger partial charge on any atom is -0.377 e. The highest BCUT2D eigenvalue weighted by Crippen LogP contribution is 2.05. The normalized spacial score (nSPS) is 25.2. The van der Waals surface area contributed by atoms with E-state index in [1.54, 1.807) is 0 Å². The molecule has 1 saturated heterocycles. The van der Waals surface area contributed by atoms with E-state index in [1.807, 2.05) is 0 Å². The van der Waals surface area contributed by atoms with Crippen LogP contribution in [0.25, 0.3) is 0 Å². The van der Waals surface area contributed by atoms with Gasteiger partial charge in [0, 0.05) is 38.3 Å². The molecule has 0 bridgehead atoms. The monoisotopic (exact) mass is 214 g/mol. The van der Waals surface area contributed by atoms with Gasteiger partial charge in [-0.05, 0) is 34.1 Å². The third-order valence-corrected chi connectivity index (χ3v) is 2.62. The van der Waals surface area contributed by atoms with Gasteiger partial charge in [0.1, 0.15) is 0 Å². The average molecular weight is 214 g/mol.